The molecule has 4 rings (SSSR count). The predicted octanol–water partition coefficient (Wildman–Crippen LogP) is 2.00. The van der Waals surface area contributed by atoms with Gasteiger partial charge < -0.3 is 10.6 Å². The average molecular weight is 319 g/mol. The fourth-order valence-electron chi connectivity index (χ4n) is 3.11. The Morgan fingerprint density at radius 3 is 2.79 bits per heavy atom. The molecule has 1 amide bonds. The van der Waals surface area contributed by atoms with E-state index in [2.05, 4.69) is 14.9 Å². The number of benzene rings is 1. The quantitative estimate of drug-likeness (QED) is 0.798. The second-order valence-corrected chi connectivity index (χ2v) is 5.96. The zero-order chi connectivity index (χ0) is 16.5. The van der Waals surface area contributed by atoms with Crippen LogP contribution in [0.15, 0.2) is 48.8 Å². The lowest BCUT2D eigenvalue weighted by Gasteiger charge is -2.19. The van der Waals surface area contributed by atoms with E-state index in [0.29, 0.717) is 12.4 Å². The van der Waals surface area contributed by atoms with Gasteiger partial charge in [-0.15, -0.1) is 0 Å². The lowest BCUT2D eigenvalue weighted by molar-refractivity contribution is -0.121. The van der Waals surface area contributed by atoms with Crippen LogP contribution in [0.1, 0.15) is 6.42 Å². The number of nitrogens with zero attached hydrogens (tertiary/aromatic N) is 4. The monoisotopic (exact) mass is 319 g/mol. The molecule has 1 aliphatic rings. The molecule has 1 aliphatic heterocycles. The van der Waals surface area contributed by atoms with Crippen molar-refractivity contribution in [1.82, 2.24) is 15.0 Å². The number of hydrogen-bond donors (Lipinski definition) is 1. The molecular formula is C18H17N5O. The number of pyridine rings is 1. The maximum absolute atomic E-state index is 11.5. The van der Waals surface area contributed by atoms with E-state index < -0.39 is 0 Å². The molecule has 1 saturated heterocycles. The Morgan fingerprint density at radius 1 is 1.17 bits per heavy atom. The highest BCUT2D eigenvalue weighted by Gasteiger charge is 2.28. The van der Waals surface area contributed by atoms with E-state index in [1.165, 1.54) is 0 Å². The summed E-state index contributed by atoms with van der Waals surface area (Å²) in [5.41, 5.74) is 7.21. The predicted molar refractivity (Wildman–Crippen MR) is 92.3 cm³/mol. The molecule has 1 fully saturated rings. The summed E-state index contributed by atoms with van der Waals surface area (Å²) in [5, 5.41) is 0.982. The number of primary amides is 1. The van der Waals surface area contributed by atoms with Gasteiger partial charge >= 0.3 is 0 Å². The van der Waals surface area contributed by atoms with Crippen LogP contribution in [0.4, 0.5) is 5.82 Å². The first kappa shape index (κ1) is 14.6. The second kappa shape index (κ2) is 5.88. The molecule has 2 N–H and O–H groups in total. The third-order valence-electron chi connectivity index (χ3n) is 4.39. The van der Waals surface area contributed by atoms with E-state index in [1.54, 1.807) is 12.4 Å². The van der Waals surface area contributed by atoms with E-state index >= 15 is 0 Å². The number of hydrogen-bond acceptors (Lipinski definition) is 5. The van der Waals surface area contributed by atoms with Gasteiger partial charge in [-0.2, -0.15) is 0 Å². The number of rotatable bonds is 3. The molecule has 1 aromatic carbocycles. The Labute approximate surface area is 139 Å². The number of aromatic nitrogens is 3. The van der Waals surface area contributed by atoms with Crippen molar-refractivity contribution in [3.05, 3.63) is 48.8 Å². The fourth-order valence-corrected chi connectivity index (χ4v) is 3.11. The molecule has 3 heterocycles. The highest BCUT2D eigenvalue weighted by Crippen LogP contribution is 2.30. The number of fused-ring (bicyclic) bond motifs is 1. The highest BCUT2D eigenvalue weighted by atomic mass is 16.1. The van der Waals surface area contributed by atoms with Crippen molar-refractivity contribution in [2.75, 3.05) is 18.0 Å². The van der Waals surface area contributed by atoms with E-state index in [4.69, 9.17) is 10.7 Å². The molecule has 3 aromatic rings. The van der Waals surface area contributed by atoms with Gasteiger partial charge in [0, 0.05) is 36.4 Å². The van der Waals surface area contributed by atoms with Crippen LogP contribution in [0, 0.1) is 5.92 Å². The topological polar surface area (TPSA) is 85.0 Å². The van der Waals surface area contributed by atoms with Gasteiger partial charge in [0.2, 0.25) is 5.91 Å². The first-order chi connectivity index (χ1) is 11.7. The Balaban J connectivity index is 1.83. The zero-order valence-electron chi connectivity index (χ0n) is 13.1. The van der Waals surface area contributed by atoms with Gasteiger partial charge in [-0.25, -0.2) is 9.97 Å². The summed E-state index contributed by atoms with van der Waals surface area (Å²) >= 11 is 0. The minimum Gasteiger partial charge on any atom is -0.369 e. The Bertz CT molecular complexity index is 896. The summed E-state index contributed by atoms with van der Waals surface area (Å²) in [6, 6.07) is 11.7. The van der Waals surface area contributed by atoms with Gasteiger partial charge in [-0.3, -0.25) is 9.78 Å². The summed E-state index contributed by atoms with van der Waals surface area (Å²) in [6.45, 7) is 1.36. The van der Waals surface area contributed by atoms with Crippen molar-refractivity contribution in [3.8, 4) is 11.4 Å². The number of anilines is 1. The SMILES string of the molecule is NC(=O)[C@H]1CCN(c2nc(-c3cccnc3)nc3ccccc23)C1. The number of carbonyl (C=O) groups excluding carboxylic acids is 1. The molecule has 0 bridgehead atoms. The van der Waals surface area contributed by atoms with Crippen molar-refractivity contribution in [2.24, 2.45) is 11.7 Å². The molecule has 6 nitrogen and oxygen atoms in total. The second-order valence-electron chi connectivity index (χ2n) is 5.96. The normalized spacial score (nSPS) is 17.3. The minimum atomic E-state index is -0.247. The Hall–Kier alpha value is -3.02. The van der Waals surface area contributed by atoms with Crippen molar-refractivity contribution in [2.45, 2.75) is 6.42 Å². The largest absolute Gasteiger partial charge is 0.369 e. The third-order valence-corrected chi connectivity index (χ3v) is 4.39. The Kier molecular flexibility index (Phi) is 3.57. The van der Waals surface area contributed by atoms with Crippen molar-refractivity contribution < 1.29 is 4.79 Å². The van der Waals surface area contributed by atoms with E-state index in [9.17, 15) is 4.79 Å². The van der Waals surface area contributed by atoms with Crippen LogP contribution in [0.5, 0.6) is 0 Å². The molecule has 1 atom stereocenters. The van der Waals surface area contributed by atoms with Crippen molar-refractivity contribution in [1.29, 1.82) is 0 Å². The van der Waals surface area contributed by atoms with Crippen LogP contribution in [0.25, 0.3) is 22.3 Å². The molecule has 0 saturated carbocycles. The summed E-state index contributed by atoms with van der Waals surface area (Å²) in [6.07, 6.45) is 4.24. The fraction of sp³-hybridized carbons (Fsp3) is 0.222. The molecular weight excluding hydrogens is 302 g/mol. The third kappa shape index (κ3) is 2.56. The number of nitrogens with two attached hydrogens (primary N) is 1. The lowest BCUT2D eigenvalue weighted by atomic mass is 10.1. The van der Waals surface area contributed by atoms with Gasteiger partial charge in [0.25, 0.3) is 0 Å². The molecule has 6 heteroatoms. The molecule has 120 valence electrons. The van der Waals surface area contributed by atoms with Gasteiger partial charge in [-0.05, 0) is 30.7 Å². The van der Waals surface area contributed by atoms with Crippen LogP contribution in [-0.4, -0.2) is 33.9 Å². The standard InChI is InChI=1S/C18H17N5O/c19-16(24)13-7-9-23(11-13)18-14-5-1-2-6-15(14)21-17(22-18)12-4-3-8-20-10-12/h1-6,8,10,13H,7,9,11H2,(H2,19,24)/t13-/m0/s1. The van der Waals surface area contributed by atoms with Crippen LogP contribution in [0.2, 0.25) is 0 Å². The molecule has 0 unspecified atom stereocenters. The summed E-state index contributed by atoms with van der Waals surface area (Å²) in [4.78, 5) is 27.2. The van der Waals surface area contributed by atoms with E-state index in [1.807, 2.05) is 36.4 Å². The first-order valence-corrected chi connectivity index (χ1v) is 7.94. The number of carbonyl (C=O) groups is 1. The van der Waals surface area contributed by atoms with Gasteiger partial charge in [0.1, 0.15) is 5.82 Å². The molecule has 0 aliphatic carbocycles. The van der Waals surface area contributed by atoms with E-state index in [-0.39, 0.29) is 11.8 Å². The summed E-state index contributed by atoms with van der Waals surface area (Å²) < 4.78 is 0. The van der Waals surface area contributed by atoms with Gasteiger partial charge in [0.15, 0.2) is 5.82 Å². The zero-order valence-corrected chi connectivity index (χ0v) is 13.1. The maximum atomic E-state index is 11.5. The minimum absolute atomic E-state index is 0.124. The van der Waals surface area contributed by atoms with Gasteiger partial charge in [0.05, 0.1) is 11.4 Å². The van der Waals surface area contributed by atoms with Crippen LogP contribution in [-0.2, 0) is 4.79 Å². The van der Waals surface area contributed by atoms with E-state index in [0.717, 1.165) is 35.2 Å². The van der Waals surface area contributed by atoms with Crippen molar-refractivity contribution in [3.63, 3.8) is 0 Å². The summed E-state index contributed by atoms with van der Waals surface area (Å²) in [7, 11) is 0. The molecule has 2 aromatic heterocycles. The van der Waals surface area contributed by atoms with Gasteiger partial charge in [-0.1, -0.05) is 12.1 Å². The highest BCUT2D eigenvalue weighted by molar-refractivity contribution is 5.91. The number of para-hydroxylation sites is 1. The smallest absolute Gasteiger partial charge is 0.222 e. The molecule has 24 heavy (non-hydrogen) atoms. The summed E-state index contributed by atoms with van der Waals surface area (Å²) in [5.74, 6) is 1.12. The average Bonchev–Trinajstić information content (AvgIpc) is 3.12. The maximum Gasteiger partial charge on any atom is 0.222 e. The first-order valence-electron chi connectivity index (χ1n) is 7.94. The van der Waals surface area contributed by atoms with Crippen LogP contribution in [0.3, 0.4) is 0 Å². The van der Waals surface area contributed by atoms with Crippen LogP contribution < -0.4 is 10.6 Å². The lowest BCUT2D eigenvalue weighted by Crippen LogP contribution is -2.28. The Morgan fingerprint density at radius 2 is 2.04 bits per heavy atom. The van der Waals surface area contributed by atoms with Crippen LogP contribution >= 0.6 is 0 Å². The number of amides is 1. The molecule has 0 radical (unpaired) electrons. The molecule has 0 spiro atoms. The van der Waals surface area contributed by atoms with Crippen molar-refractivity contribution >= 4 is 22.6 Å².